The molecule has 0 radical (unpaired) electrons. The minimum atomic E-state index is -4.57. The molecule has 2 aromatic rings. The van der Waals surface area contributed by atoms with E-state index in [1.54, 1.807) is 25.1 Å². The molecule has 3 heterocycles. The summed E-state index contributed by atoms with van der Waals surface area (Å²) in [6, 6.07) is 8.61. The molecule has 0 aromatic carbocycles. The largest absolute Gasteiger partial charge is 0.433 e. The van der Waals surface area contributed by atoms with Crippen molar-refractivity contribution in [1.29, 1.82) is 0 Å². The summed E-state index contributed by atoms with van der Waals surface area (Å²) in [5.41, 5.74) is -0.639. The summed E-state index contributed by atoms with van der Waals surface area (Å²) in [7, 11) is 0. The van der Waals surface area contributed by atoms with Crippen LogP contribution in [0.3, 0.4) is 0 Å². The Hall–Kier alpha value is -2.97. The molecular weight excluding hydrogens is 409 g/mol. The van der Waals surface area contributed by atoms with Crippen molar-refractivity contribution < 1.29 is 22.8 Å². The first-order valence-electron chi connectivity index (χ1n) is 10.3. The zero-order chi connectivity index (χ0) is 22.2. The van der Waals surface area contributed by atoms with E-state index in [2.05, 4.69) is 15.3 Å². The van der Waals surface area contributed by atoms with Crippen LogP contribution in [0.25, 0.3) is 0 Å². The maximum absolute atomic E-state index is 13.3. The SMILES string of the molecule is Cc1cccc(C(=O)N[C@@H]2CCC[C@]3(CCN(c4cccc(C(F)(F)F)n4)C3=O)C2)n1. The molecule has 2 aromatic heterocycles. The molecule has 164 valence electrons. The lowest BCUT2D eigenvalue weighted by atomic mass is 9.71. The van der Waals surface area contributed by atoms with Gasteiger partial charge < -0.3 is 5.32 Å². The van der Waals surface area contributed by atoms with Crippen molar-refractivity contribution in [2.24, 2.45) is 5.41 Å². The first-order chi connectivity index (χ1) is 14.7. The predicted octanol–water partition coefficient (Wildman–Crippen LogP) is 3.90. The number of nitrogens with zero attached hydrogens (tertiary/aromatic N) is 3. The Labute approximate surface area is 177 Å². The summed E-state index contributed by atoms with van der Waals surface area (Å²) in [5, 5.41) is 2.98. The van der Waals surface area contributed by atoms with Gasteiger partial charge in [0.05, 0.1) is 5.41 Å². The quantitative estimate of drug-likeness (QED) is 0.798. The van der Waals surface area contributed by atoms with Gasteiger partial charge in [-0.2, -0.15) is 13.2 Å². The third-order valence-electron chi connectivity index (χ3n) is 6.12. The Kier molecular flexibility index (Phi) is 5.45. The number of nitrogens with one attached hydrogen (secondary N) is 1. The number of aryl methyl sites for hydroxylation is 1. The van der Waals surface area contributed by atoms with Crippen LogP contribution in [0.4, 0.5) is 19.0 Å². The van der Waals surface area contributed by atoms with E-state index >= 15 is 0 Å². The molecule has 2 atom stereocenters. The molecule has 1 saturated heterocycles. The van der Waals surface area contributed by atoms with Crippen LogP contribution in [0.15, 0.2) is 36.4 Å². The highest BCUT2D eigenvalue weighted by Gasteiger charge is 2.50. The molecule has 2 aliphatic rings. The van der Waals surface area contributed by atoms with Gasteiger partial charge in [-0.3, -0.25) is 14.5 Å². The summed E-state index contributed by atoms with van der Waals surface area (Å²) in [6.45, 7) is 2.12. The first-order valence-corrected chi connectivity index (χ1v) is 10.3. The highest BCUT2D eigenvalue weighted by Crippen LogP contribution is 2.46. The fraction of sp³-hybridized carbons (Fsp3) is 0.455. The second-order valence-electron chi connectivity index (χ2n) is 8.30. The van der Waals surface area contributed by atoms with Crippen molar-refractivity contribution in [3.63, 3.8) is 0 Å². The van der Waals surface area contributed by atoms with Crippen LogP contribution in [0.2, 0.25) is 0 Å². The zero-order valence-corrected chi connectivity index (χ0v) is 17.1. The molecule has 2 fully saturated rings. The summed E-state index contributed by atoms with van der Waals surface area (Å²) < 4.78 is 39.1. The highest BCUT2D eigenvalue weighted by atomic mass is 19.4. The first kappa shape index (κ1) is 21.3. The minimum Gasteiger partial charge on any atom is -0.348 e. The van der Waals surface area contributed by atoms with Gasteiger partial charge in [-0.25, -0.2) is 9.97 Å². The molecule has 9 heteroatoms. The maximum Gasteiger partial charge on any atom is 0.433 e. The van der Waals surface area contributed by atoms with E-state index in [-0.39, 0.29) is 23.7 Å². The summed E-state index contributed by atoms with van der Waals surface area (Å²) >= 11 is 0. The van der Waals surface area contributed by atoms with Gasteiger partial charge in [-0.1, -0.05) is 18.6 Å². The molecule has 6 nitrogen and oxygen atoms in total. The summed E-state index contributed by atoms with van der Waals surface area (Å²) in [5.74, 6) is -0.480. The zero-order valence-electron chi connectivity index (χ0n) is 17.1. The van der Waals surface area contributed by atoms with Crippen LogP contribution in [-0.2, 0) is 11.0 Å². The van der Waals surface area contributed by atoms with Gasteiger partial charge in [-0.15, -0.1) is 0 Å². The van der Waals surface area contributed by atoms with Gasteiger partial charge in [-0.05, 0) is 56.9 Å². The maximum atomic E-state index is 13.3. The van der Waals surface area contributed by atoms with Crippen molar-refractivity contribution in [3.05, 3.63) is 53.5 Å². The van der Waals surface area contributed by atoms with Crippen LogP contribution < -0.4 is 10.2 Å². The number of carbonyl (C=O) groups excluding carboxylic acids is 2. The number of hydrogen-bond donors (Lipinski definition) is 1. The third-order valence-corrected chi connectivity index (χ3v) is 6.12. The van der Waals surface area contributed by atoms with Crippen molar-refractivity contribution in [2.75, 3.05) is 11.4 Å². The van der Waals surface area contributed by atoms with Crippen LogP contribution in [0.5, 0.6) is 0 Å². The average molecular weight is 432 g/mol. The Morgan fingerprint density at radius 3 is 2.68 bits per heavy atom. The number of anilines is 1. The van der Waals surface area contributed by atoms with Crippen LogP contribution in [0, 0.1) is 12.3 Å². The fourth-order valence-corrected chi connectivity index (χ4v) is 4.61. The third kappa shape index (κ3) is 4.26. The number of pyridine rings is 2. The van der Waals surface area contributed by atoms with Crippen molar-refractivity contribution in [3.8, 4) is 0 Å². The molecule has 1 N–H and O–H groups in total. The van der Waals surface area contributed by atoms with Gasteiger partial charge in [0.2, 0.25) is 5.91 Å². The highest BCUT2D eigenvalue weighted by molar-refractivity contribution is 5.99. The number of amides is 2. The lowest BCUT2D eigenvalue weighted by Gasteiger charge is -2.36. The van der Waals surface area contributed by atoms with E-state index in [4.69, 9.17) is 0 Å². The Morgan fingerprint density at radius 1 is 1.16 bits per heavy atom. The molecule has 1 saturated carbocycles. The van der Waals surface area contributed by atoms with Gasteiger partial charge in [0, 0.05) is 18.3 Å². The minimum absolute atomic E-state index is 0.0202. The number of rotatable bonds is 3. The second-order valence-corrected chi connectivity index (χ2v) is 8.30. The Bertz CT molecular complexity index is 1010. The molecular formula is C22H23F3N4O2. The predicted molar refractivity (Wildman–Crippen MR) is 107 cm³/mol. The molecule has 0 bridgehead atoms. The van der Waals surface area contributed by atoms with Gasteiger partial charge in [0.1, 0.15) is 17.2 Å². The lowest BCUT2D eigenvalue weighted by Crippen LogP contribution is -2.46. The number of halogens is 3. The van der Waals surface area contributed by atoms with Gasteiger partial charge >= 0.3 is 6.18 Å². The molecule has 2 amide bonds. The molecule has 4 rings (SSSR count). The monoisotopic (exact) mass is 432 g/mol. The van der Waals surface area contributed by atoms with E-state index < -0.39 is 17.3 Å². The Balaban J connectivity index is 1.48. The van der Waals surface area contributed by atoms with Crippen molar-refractivity contribution in [2.45, 2.75) is 51.2 Å². The molecule has 1 aliphatic heterocycles. The van der Waals surface area contributed by atoms with Crippen LogP contribution in [-0.4, -0.2) is 34.4 Å². The van der Waals surface area contributed by atoms with Gasteiger partial charge in [0.15, 0.2) is 0 Å². The second kappa shape index (κ2) is 7.94. The molecule has 1 spiro atoms. The molecule has 31 heavy (non-hydrogen) atoms. The summed E-state index contributed by atoms with van der Waals surface area (Å²) in [4.78, 5) is 35.1. The average Bonchev–Trinajstić information content (AvgIpc) is 3.03. The Morgan fingerprint density at radius 2 is 1.94 bits per heavy atom. The smallest absolute Gasteiger partial charge is 0.348 e. The molecule has 1 aliphatic carbocycles. The van der Waals surface area contributed by atoms with E-state index in [9.17, 15) is 22.8 Å². The molecule has 0 unspecified atom stereocenters. The van der Waals surface area contributed by atoms with Crippen LogP contribution in [0.1, 0.15) is 54.0 Å². The van der Waals surface area contributed by atoms with E-state index in [0.717, 1.165) is 24.6 Å². The van der Waals surface area contributed by atoms with E-state index in [1.807, 2.05) is 0 Å². The standard InChI is InChI=1S/C22H23F3N4O2/c1-14-5-2-7-16(26-14)19(30)27-15-6-4-10-21(13-15)11-12-29(20(21)31)18-9-3-8-17(28-18)22(23,24)25/h2-3,5,7-9,15H,4,6,10-13H2,1H3,(H,27,30)/t15-,21+/m1/s1. The fourth-order valence-electron chi connectivity index (χ4n) is 4.61. The number of aromatic nitrogens is 2. The number of alkyl halides is 3. The van der Waals surface area contributed by atoms with Crippen molar-refractivity contribution >= 4 is 17.6 Å². The topological polar surface area (TPSA) is 75.2 Å². The number of hydrogen-bond acceptors (Lipinski definition) is 4. The summed E-state index contributed by atoms with van der Waals surface area (Å²) in [6.07, 6.45) is -1.44. The number of carbonyl (C=O) groups is 2. The van der Waals surface area contributed by atoms with Gasteiger partial charge in [0.25, 0.3) is 5.91 Å². The van der Waals surface area contributed by atoms with Crippen molar-refractivity contribution in [1.82, 2.24) is 15.3 Å². The normalized spacial score (nSPS) is 23.9. The van der Waals surface area contributed by atoms with E-state index in [0.29, 0.717) is 31.5 Å². The van der Waals surface area contributed by atoms with Crippen LogP contribution >= 0.6 is 0 Å². The van der Waals surface area contributed by atoms with E-state index in [1.165, 1.54) is 17.0 Å². The lowest BCUT2D eigenvalue weighted by molar-refractivity contribution is -0.141.